The van der Waals surface area contributed by atoms with Crippen LogP contribution in [-0.4, -0.2) is 45.9 Å². The largest absolute Gasteiger partial charge is 0.480 e. The summed E-state index contributed by atoms with van der Waals surface area (Å²) in [5.74, 6) is -0.968. The van der Waals surface area contributed by atoms with E-state index >= 15 is 0 Å². The van der Waals surface area contributed by atoms with Crippen molar-refractivity contribution < 1.29 is 19.5 Å². The Morgan fingerprint density at radius 1 is 1.22 bits per heavy atom. The smallest absolute Gasteiger partial charge is 0.329 e. The zero-order valence-electron chi connectivity index (χ0n) is 14.1. The monoisotopic (exact) mass is 324 g/mol. The molecule has 0 aromatic carbocycles. The molecule has 1 saturated heterocycles. The lowest BCUT2D eigenvalue weighted by Crippen LogP contribution is -2.56. The van der Waals surface area contributed by atoms with E-state index in [1.54, 1.807) is 13.8 Å². The summed E-state index contributed by atoms with van der Waals surface area (Å²) in [6, 6.07) is -0.678. The van der Waals surface area contributed by atoms with E-state index in [9.17, 15) is 19.5 Å². The summed E-state index contributed by atoms with van der Waals surface area (Å²) in [5.41, 5.74) is -1.15. The van der Waals surface area contributed by atoms with Crippen molar-refractivity contribution in [3.05, 3.63) is 0 Å². The van der Waals surface area contributed by atoms with Gasteiger partial charge in [0.2, 0.25) is 11.8 Å². The Kier molecular flexibility index (Phi) is 5.65. The minimum atomic E-state index is -1.15. The van der Waals surface area contributed by atoms with Crippen LogP contribution in [-0.2, 0) is 14.4 Å². The molecule has 0 spiro atoms. The highest BCUT2D eigenvalue weighted by Gasteiger charge is 2.46. The highest BCUT2D eigenvalue weighted by molar-refractivity contribution is 5.92. The van der Waals surface area contributed by atoms with Crippen LogP contribution in [0, 0.1) is 5.92 Å². The highest BCUT2D eigenvalue weighted by Crippen LogP contribution is 2.30. The third-order valence-electron chi connectivity index (χ3n) is 5.31. The zero-order valence-corrected chi connectivity index (χ0v) is 14.1. The van der Waals surface area contributed by atoms with E-state index < -0.39 is 17.6 Å². The molecule has 1 aliphatic heterocycles. The summed E-state index contributed by atoms with van der Waals surface area (Å²) in [5, 5.41) is 12.1. The first-order chi connectivity index (χ1) is 10.8. The van der Waals surface area contributed by atoms with Gasteiger partial charge in [-0.3, -0.25) is 9.59 Å². The van der Waals surface area contributed by atoms with Crippen molar-refractivity contribution in [2.45, 2.75) is 76.8 Å². The van der Waals surface area contributed by atoms with Gasteiger partial charge >= 0.3 is 5.97 Å². The predicted octanol–water partition coefficient (Wildman–Crippen LogP) is 1.93. The molecule has 2 N–H and O–H groups in total. The Hall–Kier alpha value is -1.59. The number of carbonyl (C=O) groups excluding carboxylic acids is 2. The second kappa shape index (κ2) is 7.32. The standard InChI is InChI=1S/C17H28N2O4/c1-12(18-14(20)11-13-7-4-3-5-8-13)15(21)19-10-6-9-17(19,2)16(22)23/h12-13H,3-11H2,1-2H3,(H,18,20)(H,22,23). The van der Waals surface area contributed by atoms with Crippen molar-refractivity contribution in [3.63, 3.8) is 0 Å². The molecule has 6 nitrogen and oxygen atoms in total. The first-order valence-electron chi connectivity index (χ1n) is 8.69. The van der Waals surface area contributed by atoms with Crippen molar-refractivity contribution >= 4 is 17.8 Å². The van der Waals surface area contributed by atoms with Gasteiger partial charge in [-0.15, -0.1) is 0 Å². The van der Waals surface area contributed by atoms with E-state index in [-0.39, 0.29) is 11.8 Å². The van der Waals surface area contributed by atoms with Crippen LogP contribution in [0.3, 0.4) is 0 Å². The van der Waals surface area contributed by atoms with Crippen molar-refractivity contribution in [1.29, 1.82) is 0 Å². The lowest BCUT2D eigenvalue weighted by molar-refractivity contribution is -0.156. The fourth-order valence-electron chi connectivity index (χ4n) is 3.79. The van der Waals surface area contributed by atoms with E-state index in [0.29, 0.717) is 31.7 Å². The molecule has 2 aliphatic rings. The maximum Gasteiger partial charge on any atom is 0.329 e. The number of hydrogen-bond donors (Lipinski definition) is 2. The maximum absolute atomic E-state index is 12.5. The number of rotatable bonds is 5. The van der Waals surface area contributed by atoms with Crippen molar-refractivity contribution in [1.82, 2.24) is 10.2 Å². The molecule has 2 unspecified atom stereocenters. The number of carboxylic acid groups (broad SMARTS) is 1. The molecule has 0 aromatic rings. The van der Waals surface area contributed by atoms with E-state index in [1.165, 1.54) is 24.2 Å². The zero-order chi connectivity index (χ0) is 17.0. The molecule has 1 heterocycles. The number of nitrogens with one attached hydrogen (secondary N) is 1. The number of likely N-dealkylation sites (tertiary alicyclic amines) is 1. The van der Waals surface area contributed by atoms with E-state index in [2.05, 4.69) is 5.32 Å². The lowest BCUT2D eigenvalue weighted by atomic mass is 9.87. The molecule has 130 valence electrons. The minimum Gasteiger partial charge on any atom is -0.480 e. The average molecular weight is 324 g/mol. The lowest BCUT2D eigenvalue weighted by Gasteiger charge is -2.33. The van der Waals surface area contributed by atoms with Gasteiger partial charge in [0.1, 0.15) is 11.6 Å². The highest BCUT2D eigenvalue weighted by atomic mass is 16.4. The second-order valence-electron chi connectivity index (χ2n) is 7.17. The van der Waals surface area contributed by atoms with Crippen LogP contribution in [0.15, 0.2) is 0 Å². The first kappa shape index (κ1) is 17.8. The van der Waals surface area contributed by atoms with Gasteiger partial charge in [-0.1, -0.05) is 19.3 Å². The van der Waals surface area contributed by atoms with Crippen LogP contribution >= 0.6 is 0 Å². The Bertz CT molecular complexity index is 473. The first-order valence-corrected chi connectivity index (χ1v) is 8.69. The molecular weight excluding hydrogens is 296 g/mol. The van der Waals surface area contributed by atoms with Crippen LogP contribution in [0.2, 0.25) is 0 Å². The molecule has 1 saturated carbocycles. The minimum absolute atomic E-state index is 0.103. The van der Waals surface area contributed by atoms with Gasteiger partial charge in [0.15, 0.2) is 0 Å². The van der Waals surface area contributed by atoms with Gasteiger partial charge in [0, 0.05) is 13.0 Å². The van der Waals surface area contributed by atoms with Gasteiger partial charge in [0.05, 0.1) is 0 Å². The Morgan fingerprint density at radius 3 is 2.48 bits per heavy atom. The normalized spacial score (nSPS) is 26.8. The number of carboxylic acids is 1. The molecule has 0 aromatic heterocycles. The predicted molar refractivity (Wildman–Crippen MR) is 85.8 cm³/mol. The summed E-state index contributed by atoms with van der Waals surface area (Å²) < 4.78 is 0. The van der Waals surface area contributed by atoms with Gasteiger partial charge in [-0.05, 0) is 45.4 Å². The molecule has 6 heteroatoms. The van der Waals surface area contributed by atoms with Crippen LogP contribution in [0.1, 0.15) is 65.2 Å². The molecule has 23 heavy (non-hydrogen) atoms. The number of nitrogens with zero attached hydrogens (tertiary/aromatic N) is 1. The fraction of sp³-hybridized carbons (Fsp3) is 0.824. The van der Waals surface area contributed by atoms with E-state index in [0.717, 1.165) is 12.8 Å². The number of aliphatic carboxylic acids is 1. The summed E-state index contributed by atoms with van der Waals surface area (Å²) in [6.45, 7) is 3.66. The summed E-state index contributed by atoms with van der Waals surface area (Å²) in [6.07, 6.45) is 7.36. The quantitative estimate of drug-likeness (QED) is 0.809. The molecule has 2 rings (SSSR count). The summed E-state index contributed by atoms with van der Waals surface area (Å²) >= 11 is 0. The van der Waals surface area contributed by atoms with E-state index in [1.807, 2.05) is 0 Å². The second-order valence-corrected chi connectivity index (χ2v) is 7.17. The number of carbonyl (C=O) groups is 3. The average Bonchev–Trinajstić information content (AvgIpc) is 2.90. The van der Waals surface area contributed by atoms with E-state index in [4.69, 9.17) is 0 Å². The van der Waals surface area contributed by atoms with Gasteiger partial charge in [-0.25, -0.2) is 4.79 Å². The Labute approximate surface area is 137 Å². The van der Waals surface area contributed by atoms with Crippen molar-refractivity contribution in [2.24, 2.45) is 5.92 Å². The Balaban J connectivity index is 1.89. The molecule has 2 atom stereocenters. The summed E-state index contributed by atoms with van der Waals surface area (Å²) in [7, 11) is 0. The molecule has 2 fully saturated rings. The van der Waals surface area contributed by atoms with Crippen molar-refractivity contribution in [2.75, 3.05) is 6.54 Å². The number of hydrogen-bond acceptors (Lipinski definition) is 3. The molecule has 2 amide bonds. The van der Waals surface area contributed by atoms with Gasteiger partial charge in [0.25, 0.3) is 0 Å². The molecule has 0 radical (unpaired) electrons. The Morgan fingerprint density at radius 2 is 1.87 bits per heavy atom. The fourth-order valence-corrected chi connectivity index (χ4v) is 3.79. The van der Waals surface area contributed by atoms with Crippen LogP contribution in [0.5, 0.6) is 0 Å². The SMILES string of the molecule is CC(NC(=O)CC1CCCCC1)C(=O)N1CCCC1(C)C(=O)O. The third-order valence-corrected chi connectivity index (χ3v) is 5.31. The summed E-state index contributed by atoms with van der Waals surface area (Å²) in [4.78, 5) is 37.5. The third kappa shape index (κ3) is 4.03. The maximum atomic E-state index is 12.5. The molecular formula is C17H28N2O4. The number of amides is 2. The van der Waals surface area contributed by atoms with Crippen LogP contribution in [0.4, 0.5) is 0 Å². The van der Waals surface area contributed by atoms with Crippen molar-refractivity contribution in [3.8, 4) is 0 Å². The van der Waals surface area contributed by atoms with Crippen LogP contribution in [0.25, 0.3) is 0 Å². The van der Waals surface area contributed by atoms with Crippen LogP contribution < -0.4 is 5.32 Å². The van der Waals surface area contributed by atoms with Gasteiger partial charge in [-0.2, -0.15) is 0 Å². The van der Waals surface area contributed by atoms with Gasteiger partial charge < -0.3 is 15.3 Å². The molecule has 0 bridgehead atoms. The molecule has 1 aliphatic carbocycles. The topological polar surface area (TPSA) is 86.7 Å².